The van der Waals surface area contributed by atoms with E-state index in [9.17, 15) is 13.2 Å². The van der Waals surface area contributed by atoms with E-state index in [-0.39, 0.29) is 40.7 Å². The Morgan fingerprint density at radius 3 is 2.41 bits per heavy atom. The Labute approximate surface area is 167 Å². The lowest BCUT2D eigenvalue weighted by Crippen LogP contribution is -2.42. The highest BCUT2D eigenvalue weighted by molar-refractivity contribution is 7.91. The van der Waals surface area contributed by atoms with Crippen LogP contribution in [0.3, 0.4) is 0 Å². The number of sulfone groups is 1. The molecule has 1 aliphatic carbocycles. The average molecular weight is 410 g/mol. The Balaban J connectivity index is 1.86. The second-order valence-corrected chi connectivity index (χ2v) is 11.4. The number of hydrogen-bond donors (Lipinski definition) is 0. The Bertz CT molecular complexity index is 854. The van der Waals surface area contributed by atoms with Gasteiger partial charge in [-0.25, -0.2) is 8.42 Å². The molecule has 148 valence electrons. The fourth-order valence-corrected chi connectivity index (χ4v) is 6.05. The van der Waals surface area contributed by atoms with Gasteiger partial charge in [0.2, 0.25) is 5.91 Å². The molecule has 0 N–H and O–H groups in total. The van der Waals surface area contributed by atoms with Crippen LogP contribution in [0.5, 0.6) is 0 Å². The fraction of sp³-hybridized carbons (Fsp3) is 0.571. The maximum atomic E-state index is 13.5. The summed E-state index contributed by atoms with van der Waals surface area (Å²) in [5.74, 6) is 0.406. The van der Waals surface area contributed by atoms with Crippen molar-refractivity contribution in [2.24, 2.45) is 17.3 Å². The summed E-state index contributed by atoms with van der Waals surface area (Å²) in [5, 5.41) is 0.645. The van der Waals surface area contributed by atoms with Gasteiger partial charge in [-0.2, -0.15) is 0 Å². The van der Waals surface area contributed by atoms with Gasteiger partial charge in [-0.15, -0.1) is 0 Å². The average Bonchev–Trinajstić information content (AvgIpc) is 2.90. The SMILES string of the molecule is CC(C)=C[C@@H]1[C@@H](C(=O)N(Cc2ccc(Cl)cc2)[C@H]2CCS(=O)(=O)C2)C1(C)C. The van der Waals surface area contributed by atoms with Crippen LogP contribution in [0, 0.1) is 17.3 Å². The largest absolute Gasteiger partial charge is 0.334 e. The molecule has 3 rings (SSSR count). The summed E-state index contributed by atoms with van der Waals surface area (Å²) in [6, 6.07) is 7.16. The monoisotopic (exact) mass is 409 g/mol. The van der Waals surface area contributed by atoms with Crippen molar-refractivity contribution >= 4 is 27.3 Å². The number of hydrogen-bond acceptors (Lipinski definition) is 3. The zero-order valence-electron chi connectivity index (χ0n) is 16.4. The molecular weight excluding hydrogens is 382 g/mol. The first-order valence-electron chi connectivity index (χ1n) is 9.41. The standard InChI is InChI=1S/C21H28ClNO3S/c1-14(2)11-18-19(21(18,3)4)20(24)23(17-9-10-27(25,26)13-17)12-15-5-7-16(22)8-6-15/h5-8,11,17-19H,9-10,12-13H2,1-4H3/t17-,18+,19-/m0/s1. The highest BCUT2D eigenvalue weighted by atomic mass is 35.5. The summed E-state index contributed by atoms with van der Waals surface area (Å²) in [6.45, 7) is 8.75. The highest BCUT2D eigenvalue weighted by Gasteiger charge is 2.61. The van der Waals surface area contributed by atoms with Crippen LogP contribution in [-0.2, 0) is 21.2 Å². The molecule has 1 amide bonds. The summed E-state index contributed by atoms with van der Waals surface area (Å²) in [6.07, 6.45) is 2.69. The van der Waals surface area contributed by atoms with E-state index in [0.717, 1.165) is 5.56 Å². The molecule has 2 fully saturated rings. The lowest BCUT2D eigenvalue weighted by Gasteiger charge is -2.29. The van der Waals surface area contributed by atoms with Crippen molar-refractivity contribution in [3.05, 3.63) is 46.5 Å². The minimum Gasteiger partial charge on any atom is -0.334 e. The van der Waals surface area contributed by atoms with Crippen LogP contribution < -0.4 is 0 Å². The molecule has 0 spiro atoms. The van der Waals surface area contributed by atoms with Gasteiger partial charge >= 0.3 is 0 Å². The number of benzene rings is 1. The van der Waals surface area contributed by atoms with Crippen LogP contribution in [-0.4, -0.2) is 36.8 Å². The zero-order valence-corrected chi connectivity index (χ0v) is 18.0. The van der Waals surface area contributed by atoms with Gasteiger partial charge in [0.15, 0.2) is 9.84 Å². The summed E-state index contributed by atoms with van der Waals surface area (Å²) >= 11 is 5.97. The maximum Gasteiger partial charge on any atom is 0.227 e. The Morgan fingerprint density at radius 2 is 1.89 bits per heavy atom. The van der Waals surface area contributed by atoms with Crippen molar-refractivity contribution in [2.45, 2.75) is 46.7 Å². The van der Waals surface area contributed by atoms with E-state index in [1.807, 2.05) is 26.0 Å². The van der Waals surface area contributed by atoms with E-state index >= 15 is 0 Å². The van der Waals surface area contributed by atoms with Crippen molar-refractivity contribution in [2.75, 3.05) is 11.5 Å². The third kappa shape index (κ3) is 4.40. The molecular formula is C21H28ClNO3S. The van der Waals surface area contributed by atoms with Crippen molar-refractivity contribution in [3.63, 3.8) is 0 Å². The van der Waals surface area contributed by atoms with E-state index in [0.29, 0.717) is 18.0 Å². The molecule has 0 radical (unpaired) electrons. The van der Waals surface area contributed by atoms with Gasteiger partial charge in [0, 0.05) is 17.6 Å². The van der Waals surface area contributed by atoms with Crippen molar-refractivity contribution in [1.29, 1.82) is 0 Å². The molecule has 0 unspecified atom stereocenters. The second-order valence-electron chi connectivity index (χ2n) is 8.72. The number of allylic oxidation sites excluding steroid dienone is 2. The predicted molar refractivity (Wildman–Crippen MR) is 109 cm³/mol. The van der Waals surface area contributed by atoms with Crippen LogP contribution in [0.25, 0.3) is 0 Å². The van der Waals surface area contributed by atoms with E-state index in [1.165, 1.54) is 5.57 Å². The molecule has 4 nitrogen and oxygen atoms in total. The third-order valence-electron chi connectivity index (χ3n) is 5.89. The summed E-state index contributed by atoms with van der Waals surface area (Å²) < 4.78 is 24.0. The molecule has 1 aliphatic heterocycles. The summed E-state index contributed by atoms with van der Waals surface area (Å²) in [4.78, 5) is 15.3. The van der Waals surface area contributed by atoms with E-state index in [4.69, 9.17) is 11.6 Å². The van der Waals surface area contributed by atoms with Gasteiger partial charge in [-0.3, -0.25) is 4.79 Å². The van der Waals surface area contributed by atoms with E-state index in [2.05, 4.69) is 19.9 Å². The fourth-order valence-electron chi connectivity index (χ4n) is 4.19. The molecule has 3 atom stereocenters. The summed E-state index contributed by atoms with van der Waals surface area (Å²) in [7, 11) is -3.07. The number of halogens is 1. The van der Waals surface area contributed by atoms with Gasteiger partial charge in [-0.1, -0.05) is 49.2 Å². The normalized spacial score (nSPS) is 27.8. The molecule has 1 saturated heterocycles. The Kier molecular flexibility index (Phi) is 5.48. The van der Waals surface area contributed by atoms with Gasteiger partial charge in [0.25, 0.3) is 0 Å². The van der Waals surface area contributed by atoms with Crippen LogP contribution in [0.4, 0.5) is 0 Å². The number of nitrogens with zero attached hydrogens (tertiary/aromatic N) is 1. The minimum atomic E-state index is -3.07. The first-order chi connectivity index (χ1) is 12.5. The predicted octanol–water partition coefficient (Wildman–Crippen LogP) is 4.09. The summed E-state index contributed by atoms with van der Waals surface area (Å²) in [5.41, 5.74) is 2.08. The molecule has 27 heavy (non-hydrogen) atoms. The van der Waals surface area contributed by atoms with Crippen molar-refractivity contribution < 1.29 is 13.2 Å². The first-order valence-corrected chi connectivity index (χ1v) is 11.6. The molecule has 1 aromatic carbocycles. The Hall–Kier alpha value is -1.33. The quantitative estimate of drug-likeness (QED) is 0.688. The molecule has 0 aromatic heterocycles. The van der Waals surface area contributed by atoms with Crippen LogP contribution in [0.2, 0.25) is 5.02 Å². The first kappa shape index (κ1) is 20.4. The maximum absolute atomic E-state index is 13.5. The Morgan fingerprint density at radius 1 is 1.26 bits per heavy atom. The second kappa shape index (κ2) is 7.25. The van der Waals surface area contributed by atoms with Gasteiger partial charge in [0.05, 0.1) is 17.4 Å². The number of rotatable bonds is 5. The number of carbonyl (C=O) groups excluding carboxylic acids is 1. The van der Waals surface area contributed by atoms with Crippen molar-refractivity contribution in [3.8, 4) is 0 Å². The third-order valence-corrected chi connectivity index (χ3v) is 7.89. The minimum absolute atomic E-state index is 0.0623. The lowest BCUT2D eigenvalue weighted by molar-refractivity contribution is -0.136. The van der Waals surface area contributed by atoms with E-state index < -0.39 is 9.84 Å². The molecule has 6 heteroatoms. The topological polar surface area (TPSA) is 54.5 Å². The molecule has 1 heterocycles. The van der Waals surface area contributed by atoms with Crippen LogP contribution >= 0.6 is 11.6 Å². The number of carbonyl (C=O) groups is 1. The molecule has 2 aliphatic rings. The zero-order chi connectivity index (χ0) is 20.0. The van der Waals surface area contributed by atoms with Gasteiger partial charge < -0.3 is 4.90 Å². The smallest absolute Gasteiger partial charge is 0.227 e. The molecule has 1 aromatic rings. The molecule has 1 saturated carbocycles. The van der Waals surface area contributed by atoms with Crippen molar-refractivity contribution in [1.82, 2.24) is 4.90 Å². The van der Waals surface area contributed by atoms with Gasteiger partial charge in [-0.05, 0) is 49.3 Å². The lowest BCUT2D eigenvalue weighted by atomic mass is 10.1. The number of amides is 1. The van der Waals surface area contributed by atoms with E-state index in [1.54, 1.807) is 17.0 Å². The highest BCUT2D eigenvalue weighted by Crippen LogP contribution is 2.60. The van der Waals surface area contributed by atoms with Gasteiger partial charge in [0.1, 0.15) is 0 Å². The molecule has 0 bridgehead atoms. The van der Waals surface area contributed by atoms with Crippen LogP contribution in [0.1, 0.15) is 39.7 Å². The van der Waals surface area contributed by atoms with Crippen LogP contribution in [0.15, 0.2) is 35.9 Å².